The maximum atomic E-state index is 12.0. The standard InChI is InChI=1S/C26H32N2O2S2.2H2O/c27-17-15-23(12-11-21-7-3-1-4-8-21)19-24-20-25(32(28,29)30)13-14-26(24)31-18-16-22-9-5-2-6-10-22;;/h1-10,13-14,20,23H,11-12,15-19,27H2,(H2,28,29,30);2*1H2. The molecule has 0 aliphatic rings. The van der Waals surface area contributed by atoms with Crippen molar-refractivity contribution in [3.63, 3.8) is 0 Å². The van der Waals surface area contributed by atoms with Crippen LogP contribution < -0.4 is 10.9 Å². The van der Waals surface area contributed by atoms with Gasteiger partial charge < -0.3 is 16.7 Å². The van der Waals surface area contributed by atoms with Crippen LogP contribution in [0.4, 0.5) is 0 Å². The zero-order chi connectivity index (χ0) is 22.8. The second-order valence-electron chi connectivity index (χ2n) is 8.07. The minimum Gasteiger partial charge on any atom is -0.412 e. The lowest BCUT2D eigenvalue weighted by atomic mass is 9.90. The summed E-state index contributed by atoms with van der Waals surface area (Å²) in [4.78, 5) is 1.30. The average molecular weight is 505 g/mol. The van der Waals surface area contributed by atoms with Gasteiger partial charge in [0.2, 0.25) is 10.0 Å². The first-order valence-corrected chi connectivity index (χ1v) is 13.6. The molecule has 1 atom stereocenters. The molecule has 3 aromatic carbocycles. The third-order valence-electron chi connectivity index (χ3n) is 5.62. The molecule has 186 valence electrons. The number of rotatable bonds is 12. The number of hydrogen-bond donors (Lipinski definition) is 2. The molecule has 1 unspecified atom stereocenters. The van der Waals surface area contributed by atoms with Gasteiger partial charge in [-0.05, 0) is 79.5 Å². The number of sulfonamides is 1. The summed E-state index contributed by atoms with van der Waals surface area (Å²) < 4.78 is 23.9. The molecule has 0 saturated heterocycles. The van der Waals surface area contributed by atoms with Crippen LogP contribution in [0.15, 0.2) is 88.7 Å². The molecule has 0 bridgehead atoms. The SMILES string of the molecule is NCCC(CCc1ccccc1)Cc1cc(S(N)(=O)=O)ccc1SCCc1ccccc1.O.O. The molecule has 6 nitrogen and oxygen atoms in total. The van der Waals surface area contributed by atoms with E-state index in [-0.39, 0.29) is 15.8 Å². The summed E-state index contributed by atoms with van der Waals surface area (Å²) in [5.41, 5.74) is 9.56. The normalized spacial score (nSPS) is 11.8. The van der Waals surface area contributed by atoms with E-state index in [1.165, 1.54) is 11.1 Å². The van der Waals surface area contributed by atoms with E-state index in [9.17, 15) is 8.42 Å². The summed E-state index contributed by atoms with van der Waals surface area (Å²) in [5, 5.41) is 5.42. The molecular weight excluding hydrogens is 468 g/mol. The smallest absolute Gasteiger partial charge is 0.238 e. The lowest BCUT2D eigenvalue weighted by Gasteiger charge is -2.19. The Morgan fingerprint density at radius 2 is 1.38 bits per heavy atom. The summed E-state index contributed by atoms with van der Waals surface area (Å²) >= 11 is 1.77. The third-order valence-corrected chi connectivity index (χ3v) is 7.65. The number of primary sulfonamides is 1. The van der Waals surface area contributed by atoms with Crippen molar-refractivity contribution in [2.75, 3.05) is 12.3 Å². The van der Waals surface area contributed by atoms with Gasteiger partial charge in [0.1, 0.15) is 0 Å². The van der Waals surface area contributed by atoms with E-state index in [4.69, 9.17) is 10.9 Å². The Labute approximate surface area is 207 Å². The third kappa shape index (κ3) is 9.58. The predicted molar refractivity (Wildman–Crippen MR) is 142 cm³/mol. The Hall–Kier alpha value is -2.20. The van der Waals surface area contributed by atoms with E-state index in [1.807, 2.05) is 18.2 Å². The Morgan fingerprint density at radius 3 is 1.94 bits per heavy atom. The van der Waals surface area contributed by atoms with Crippen LogP contribution in [-0.4, -0.2) is 31.7 Å². The number of benzene rings is 3. The molecule has 0 saturated carbocycles. The monoisotopic (exact) mass is 504 g/mol. The highest BCUT2D eigenvalue weighted by molar-refractivity contribution is 7.99. The molecule has 0 aliphatic carbocycles. The summed E-state index contributed by atoms with van der Waals surface area (Å²) in [6.07, 6.45) is 4.65. The molecule has 0 radical (unpaired) electrons. The summed E-state index contributed by atoms with van der Waals surface area (Å²) in [6.45, 7) is 0.616. The van der Waals surface area contributed by atoms with Gasteiger partial charge in [-0.15, -0.1) is 11.8 Å². The highest BCUT2D eigenvalue weighted by Crippen LogP contribution is 2.30. The maximum absolute atomic E-state index is 12.0. The Bertz CT molecular complexity index is 1080. The summed E-state index contributed by atoms with van der Waals surface area (Å²) in [5.74, 6) is 1.31. The van der Waals surface area contributed by atoms with Gasteiger partial charge >= 0.3 is 0 Å². The minimum absolute atomic E-state index is 0. The number of hydrogen-bond acceptors (Lipinski definition) is 4. The fourth-order valence-electron chi connectivity index (χ4n) is 3.87. The molecule has 8 heteroatoms. The van der Waals surface area contributed by atoms with Crippen molar-refractivity contribution in [2.45, 2.75) is 41.9 Å². The number of aryl methyl sites for hydroxylation is 2. The second kappa shape index (κ2) is 14.9. The molecule has 0 aliphatic heterocycles. The molecular formula is C26H36N2O4S2. The molecule has 0 aromatic heterocycles. The van der Waals surface area contributed by atoms with Crippen LogP contribution in [-0.2, 0) is 29.3 Å². The molecule has 0 fully saturated rings. The fraction of sp³-hybridized carbons (Fsp3) is 0.308. The van der Waals surface area contributed by atoms with Gasteiger partial charge in [-0.1, -0.05) is 60.7 Å². The van der Waals surface area contributed by atoms with Crippen LogP contribution in [0.5, 0.6) is 0 Å². The van der Waals surface area contributed by atoms with Gasteiger partial charge in [0.25, 0.3) is 0 Å². The number of nitrogens with two attached hydrogens (primary N) is 2. The van der Waals surface area contributed by atoms with E-state index < -0.39 is 10.0 Å². The van der Waals surface area contributed by atoms with E-state index in [0.717, 1.165) is 48.3 Å². The van der Waals surface area contributed by atoms with Crippen molar-refractivity contribution in [3.05, 3.63) is 95.6 Å². The Kier molecular flexibility index (Phi) is 13.1. The predicted octanol–water partition coefficient (Wildman–Crippen LogP) is 3.16. The summed E-state index contributed by atoms with van der Waals surface area (Å²) in [7, 11) is -3.74. The first-order chi connectivity index (χ1) is 15.5. The largest absolute Gasteiger partial charge is 0.412 e. The highest BCUT2D eigenvalue weighted by atomic mass is 32.2. The van der Waals surface area contributed by atoms with Crippen molar-refractivity contribution >= 4 is 21.8 Å². The second-order valence-corrected chi connectivity index (χ2v) is 10.8. The average Bonchev–Trinajstić information content (AvgIpc) is 2.79. The van der Waals surface area contributed by atoms with E-state index >= 15 is 0 Å². The maximum Gasteiger partial charge on any atom is 0.238 e. The van der Waals surface area contributed by atoms with Crippen molar-refractivity contribution in [2.24, 2.45) is 16.8 Å². The lowest BCUT2D eigenvalue weighted by Crippen LogP contribution is -2.15. The van der Waals surface area contributed by atoms with Gasteiger partial charge in [-0.25, -0.2) is 13.6 Å². The van der Waals surface area contributed by atoms with Crippen LogP contribution in [0.1, 0.15) is 29.5 Å². The molecule has 0 spiro atoms. The van der Waals surface area contributed by atoms with Crippen LogP contribution in [0, 0.1) is 5.92 Å². The van der Waals surface area contributed by atoms with Crippen LogP contribution in [0.3, 0.4) is 0 Å². The number of thioether (sulfide) groups is 1. The van der Waals surface area contributed by atoms with Crippen molar-refractivity contribution in [1.29, 1.82) is 0 Å². The van der Waals surface area contributed by atoms with Crippen LogP contribution >= 0.6 is 11.8 Å². The van der Waals surface area contributed by atoms with E-state index in [2.05, 4.69) is 48.5 Å². The van der Waals surface area contributed by atoms with Gasteiger partial charge in [0.05, 0.1) is 4.90 Å². The van der Waals surface area contributed by atoms with Crippen LogP contribution in [0.2, 0.25) is 0 Å². The first-order valence-electron chi connectivity index (χ1n) is 11.0. The van der Waals surface area contributed by atoms with Crippen molar-refractivity contribution in [1.82, 2.24) is 0 Å². The van der Waals surface area contributed by atoms with Gasteiger partial charge in [-0.3, -0.25) is 0 Å². The zero-order valence-electron chi connectivity index (χ0n) is 19.3. The quantitative estimate of drug-likeness (QED) is 0.364. The first kappa shape index (κ1) is 29.8. The lowest BCUT2D eigenvalue weighted by molar-refractivity contribution is 0.451. The summed E-state index contributed by atoms with van der Waals surface area (Å²) in [6, 6.07) is 26.1. The molecule has 0 heterocycles. The van der Waals surface area contributed by atoms with Crippen molar-refractivity contribution in [3.8, 4) is 0 Å². The minimum atomic E-state index is -3.74. The molecule has 3 aromatic rings. The molecule has 3 rings (SSSR count). The van der Waals surface area contributed by atoms with Crippen LogP contribution in [0.25, 0.3) is 0 Å². The van der Waals surface area contributed by atoms with Gasteiger partial charge in [-0.2, -0.15) is 0 Å². The Morgan fingerprint density at radius 1 is 0.794 bits per heavy atom. The molecule has 8 N–H and O–H groups in total. The molecule has 34 heavy (non-hydrogen) atoms. The van der Waals surface area contributed by atoms with E-state index in [0.29, 0.717) is 12.5 Å². The molecule has 0 amide bonds. The topological polar surface area (TPSA) is 149 Å². The van der Waals surface area contributed by atoms with E-state index in [1.54, 1.807) is 23.9 Å². The van der Waals surface area contributed by atoms with Gasteiger partial charge in [0.15, 0.2) is 0 Å². The fourth-order valence-corrected chi connectivity index (χ4v) is 5.48. The zero-order valence-corrected chi connectivity index (χ0v) is 21.0. The van der Waals surface area contributed by atoms with Crippen molar-refractivity contribution < 1.29 is 19.4 Å². The van der Waals surface area contributed by atoms with Gasteiger partial charge in [0, 0.05) is 10.6 Å². The Balaban J connectivity index is 0.00000289. The highest BCUT2D eigenvalue weighted by Gasteiger charge is 2.16.